The third-order valence-corrected chi connectivity index (χ3v) is 5.60. The molecule has 0 bridgehead atoms. The Kier molecular flexibility index (Phi) is 13.9. The van der Waals surface area contributed by atoms with E-state index >= 15 is 0 Å². The van der Waals surface area contributed by atoms with Gasteiger partial charge < -0.3 is 19.4 Å². The van der Waals surface area contributed by atoms with Crippen LogP contribution in [0.1, 0.15) is 47.0 Å². The summed E-state index contributed by atoms with van der Waals surface area (Å²) in [7, 11) is 0. The van der Waals surface area contributed by atoms with Crippen molar-refractivity contribution in [2.75, 3.05) is 52.5 Å². The summed E-state index contributed by atoms with van der Waals surface area (Å²) in [5.41, 5.74) is -3.48. The molecule has 0 rings (SSSR count). The van der Waals surface area contributed by atoms with Crippen molar-refractivity contribution < 1.29 is 58.6 Å². The molecule has 0 unspecified atom stereocenters. The van der Waals surface area contributed by atoms with Crippen LogP contribution in [0.4, 0.5) is 39.5 Å². The van der Waals surface area contributed by atoms with Gasteiger partial charge in [-0.2, -0.15) is 39.5 Å². The van der Waals surface area contributed by atoms with Gasteiger partial charge in [0.05, 0.1) is 25.9 Å². The fourth-order valence-corrected chi connectivity index (χ4v) is 3.97. The number of carbonyl (C=O) groups is 3. The summed E-state index contributed by atoms with van der Waals surface area (Å²) in [6.45, 7) is 3.27. The SMILES string of the molecule is CCN(CC)C(=O)CN(CC(=O)N(CC)CC)C(=O)COCC(CC(F)(F)F)(CC(F)(F)F)CC(F)(F)F. The zero-order valence-corrected chi connectivity index (χ0v) is 21.7. The molecular formula is C22H34F9N3O4. The van der Waals surface area contributed by atoms with Gasteiger partial charge in [0.15, 0.2) is 0 Å². The van der Waals surface area contributed by atoms with E-state index in [1.54, 1.807) is 27.7 Å². The second-order valence-corrected chi connectivity index (χ2v) is 8.75. The highest BCUT2D eigenvalue weighted by Crippen LogP contribution is 2.48. The highest BCUT2D eigenvalue weighted by molar-refractivity contribution is 5.89. The number of halogens is 9. The number of ether oxygens (including phenoxy) is 1. The van der Waals surface area contributed by atoms with Gasteiger partial charge in [0, 0.05) is 31.6 Å². The third kappa shape index (κ3) is 14.0. The number of hydrogen-bond donors (Lipinski definition) is 0. The summed E-state index contributed by atoms with van der Waals surface area (Å²) in [6, 6.07) is 0. The molecule has 0 N–H and O–H groups in total. The molecule has 0 aromatic rings. The molecule has 0 fully saturated rings. The van der Waals surface area contributed by atoms with E-state index in [2.05, 4.69) is 0 Å². The summed E-state index contributed by atoms with van der Waals surface area (Å²) in [4.78, 5) is 41.1. The lowest BCUT2D eigenvalue weighted by Crippen LogP contribution is -2.49. The first-order chi connectivity index (χ1) is 17.2. The number of amides is 3. The van der Waals surface area contributed by atoms with Gasteiger partial charge >= 0.3 is 18.5 Å². The van der Waals surface area contributed by atoms with E-state index in [1.807, 2.05) is 0 Å². The molecule has 0 aliphatic rings. The zero-order valence-electron chi connectivity index (χ0n) is 21.7. The topological polar surface area (TPSA) is 70.2 Å². The van der Waals surface area contributed by atoms with Crippen LogP contribution in [0.15, 0.2) is 0 Å². The van der Waals surface area contributed by atoms with Crippen LogP contribution in [0.5, 0.6) is 0 Å². The minimum atomic E-state index is -5.40. The number of nitrogens with zero attached hydrogens (tertiary/aromatic N) is 3. The Balaban J connectivity index is 5.91. The Morgan fingerprint density at radius 3 is 1.13 bits per heavy atom. The molecule has 0 saturated heterocycles. The van der Waals surface area contributed by atoms with Gasteiger partial charge in [-0.25, -0.2) is 0 Å². The Labute approximate surface area is 215 Å². The van der Waals surface area contributed by atoms with Crippen LogP contribution in [0.3, 0.4) is 0 Å². The van der Waals surface area contributed by atoms with Gasteiger partial charge in [-0.15, -0.1) is 0 Å². The lowest BCUT2D eigenvalue weighted by atomic mass is 9.78. The molecule has 16 heteroatoms. The normalized spacial score (nSPS) is 12.9. The minimum absolute atomic E-state index is 0.243. The largest absolute Gasteiger partial charge is 0.389 e. The molecule has 0 heterocycles. The van der Waals surface area contributed by atoms with Crippen molar-refractivity contribution in [2.24, 2.45) is 5.41 Å². The first-order valence-electron chi connectivity index (χ1n) is 11.8. The molecule has 38 heavy (non-hydrogen) atoms. The smallest absolute Gasteiger partial charge is 0.371 e. The fourth-order valence-electron chi connectivity index (χ4n) is 3.97. The van der Waals surface area contributed by atoms with Crippen molar-refractivity contribution >= 4 is 17.7 Å². The first-order valence-corrected chi connectivity index (χ1v) is 11.8. The molecule has 3 amide bonds. The van der Waals surface area contributed by atoms with Crippen molar-refractivity contribution in [3.63, 3.8) is 0 Å². The molecule has 7 nitrogen and oxygen atoms in total. The second kappa shape index (κ2) is 14.8. The molecular weight excluding hydrogens is 541 g/mol. The Hall–Kier alpha value is -2.26. The number of rotatable bonds is 15. The number of likely N-dealkylation sites (N-methyl/N-ethyl adjacent to an activating group) is 2. The molecule has 0 atom stereocenters. The quantitative estimate of drug-likeness (QED) is 0.272. The first kappa shape index (κ1) is 35.7. The molecule has 0 radical (unpaired) electrons. The molecule has 224 valence electrons. The average molecular weight is 576 g/mol. The molecule has 0 spiro atoms. The third-order valence-electron chi connectivity index (χ3n) is 5.60. The van der Waals surface area contributed by atoms with E-state index in [0.717, 1.165) is 0 Å². The van der Waals surface area contributed by atoms with Crippen LogP contribution < -0.4 is 0 Å². The number of carbonyl (C=O) groups excluding carboxylic acids is 3. The Bertz CT molecular complexity index is 696. The van der Waals surface area contributed by atoms with Crippen molar-refractivity contribution in [3.05, 3.63) is 0 Å². The second-order valence-electron chi connectivity index (χ2n) is 8.75. The van der Waals surface area contributed by atoms with Gasteiger partial charge in [-0.1, -0.05) is 0 Å². The highest BCUT2D eigenvalue weighted by atomic mass is 19.4. The van der Waals surface area contributed by atoms with Crippen LogP contribution >= 0.6 is 0 Å². The predicted octanol–water partition coefficient (Wildman–Crippen LogP) is 4.41. The van der Waals surface area contributed by atoms with Crippen molar-refractivity contribution in [1.29, 1.82) is 0 Å². The van der Waals surface area contributed by atoms with Crippen molar-refractivity contribution in [1.82, 2.24) is 14.7 Å². The summed E-state index contributed by atoms with van der Waals surface area (Å²) >= 11 is 0. The van der Waals surface area contributed by atoms with E-state index in [-0.39, 0.29) is 26.2 Å². The molecule has 0 aromatic carbocycles. The van der Waals surface area contributed by atoms with Crippen molar-refractivity contribution in [2.45, 2.75) is 65.5 Å². The highest BCUT2D eigenvalue weighted by Gasteiger charge is 2.54. The number of hydrogen-bond acceptors (Lipinski definition) is 4. The maximum absolute atomic E-state index is 13.0. The van der Waals surface area contributed by atoms with Crippen LogP contribution in [-0.2, 0) is 19.1 Å². The van der Waals surface area contributed by atoms with Crippen LogP contribution in [-0.4, -0.2) is 103 Å². The maximum atomic E-state index is 13.0. The predicted molar refractivity (Wildman–Crippen MR) is 118 cm³/mol. The van der Waals surface area contributed by atoms with E-state index in [9.17, 15) is 53.9 Å². The lowest BCUT2D eigenvalue weighted by molar-refractivity contribution is -0.235. The molecule has 0 aliphatic carbocycles. The Morgan fingerprint density at radius 1 is 0.553 bits per heavy atom. The summed E-state index contributed by atoms with van der Waals surface area (Å²) < 4.78 is 122. The van der Waals surface area contributed by atoms with Gasteiger partial charge in [-0.3, -0.25) is 14.4 Å². The van der Waals surface area contributed by atoms with Crippen LogP contribution in [0, 0.1) is 5.41 Å². The van der Waals surface area contributed by atoms with E-state index in [1.165, 1.54) is 9.80 Å². The van der Waals surface area contributed by atoms with Crippen LogP contribution in [0.25, 0.3) is 0 Å². The lowest BCUT2D eigenvalue weighted by Gasteiger charge is -2.36. The van der Waals surface area contributed by atoms with E-state index in [0.29, 0.717) is 4.90 Å². The maximum Gasteiger partial charge on any atom is 0.389 e. The van der Waals surface area contributed by atoms with Gasteiger partial charge in [-0.05, 0) is 27.7 Å². The number of alkyl halides is 9. The summed E-state index contributed by atoms with van der Waals surface area (Å²) in [6.07, 6.45) is -23.6. The standard InChI is InChI=1S/C22H34F9N3O4/c1-5-32(6-2)16(35)9-34(10-17(36)33(7-3)8-4)18(37)11-38-15-19(12-20(23,24)25,13-21(26,27)28)14-22(29,30)31/h5-15H2,1-4H3. The molecule has 0 aliphatic heterocycles. The van der Waals surface area contributed by atoms with E-state index in [4.69, 9.17) is 4.74 Å². The monoisotopic (exact) mass is 575 g/mol. The van der Waals surface area contributed by atoms with Gasteiger partial charge in [0.2, 0.25) is 17.7 Å². The summed E-state index contributed by atoms with van der Waals surface area (Å²) in [5.74, 6) is -2.36. The van der Waals surface area contributed by atoms with E-state index < -0.39 is 87.2 Å². The minimum Gasteiger partial charge on any atom is -0.371 e. The fraction of sp³-hybridized carbons (Fsp3) is 0.864. The van der Waals surface area contributed by atoms with Gasteiger partial charge in [0.1, 0.15) is 19.7 Å². The van der Waals surface area contributed by atoms with Gasteiger partial charge in [0.25, 0.3) is 0 Å². The zero-order chi connectivity index (χ0) is 29.9. The summed E-state index contributed by atoms with van der Waals surface area (Å²) in [5, 5.41) is 0. The van der Waals surface area contributed by atoms with Crippen LogP contribution in [0.2, 0.25) is 0 Å². The van der Waals surface area contributed by atoms with Crippen molar-refractivity contribution in [3.8, 4) is 0 Å². The molecule has 0 aromatic heterocycles. The average Bonchev–Trinajstić information content (AvgIpc) is 2.70. The molecule has 0 saturated carbocycles. The Morgan fingerprint density at radius 2 is 0.868 bits per heavy atom.